The summed E-state index contributed by atoms with van der Waals surface area (Å²) in [6.45, 7) is 5.73. The zero-order valence-electron chi connectivity index (χ0n) is 10.1. The van der Waals surface area contributed by atoms with E-state index in [0.29, 0.717) is 11.1 Å². The van der Waals surface area contributed by atoms with Gasteiger partial charge in [-0.05, 0) is 37.1 Å². The highest BCUT2D eigenvalue weighted by atomic mass is 32.2. The summed E-state index contributed by atoms with van der Waals surface area (Å²) in [6.07, 6.45) is 1.50. The summed E-state index contributed by atoms with van der Waals surface area (Å²) in [5, 5.41) is 0.543. The molecule has 0 spiro atoms. The maximum Gasteiger partial charge on any atom is 0.231 e. The smallest absolute Gasteiger partial charge is 0.231 e. The molecule has 18 heavy (non-hydrogen) atoms. The van der Waals surface area contributed by atoms with Crippen LogP contribution in [0.25, 0.3) is 0 Å². The predicted octanol–water partition coefficient (Wildman–Crippen LogP) is 1.30. The largest absolute Gasteiger partial charge is 0.368 e. The molecule has 0 radical (unpaired) electrons. The van der Waals surface area contributed by atoms with Gasteiger partial charge >= 0.3 is 0 Å². The second kappa shape index (κ2) is 5.91. The lowest BCUT2D eigenvalue weighted by atomic mass is 10.5. The van der Waals surface area contributed by atoms with Gasteiger partial charge in [-0.1, -0.05) is 0 Å². The van der Waals surface area contributed by atoms with Gasteiger partial charge in [0.05, 0.1) is 0 Å². The monoisotopic (exact) mass is 283 g/mol. The van der Waals surface area contributed by atoms with Gasteiger partial charge in [-0.3, -0.25) is 0 Å². The Morgan fingerprint density at radius 1 is 1.28 bits per heavy atom. The van der Waals surface area contributed by atoms with E-state index in [9.17, 15) is 0 Å². The zero-order chi connectivity index (χ0) is 13.0. The van der Waals surface area contributed by atoms with Gasteiger partial charge in [0, 0.05) is 13.1 Å². The molecule has 2 aromatic rings. The molecule has 0 atom stereocenters. The molecule has 9 heteroatoms. The molecule has 2 heterocycles. The molecule has 0 aliphatic heterocycles. The van der Waals surface area contributed by atoms with Gasteiger partial charge in [-0.2, -0.15) is 19.3 Å². The van der Waals surface area contributed by atoms with Crippen LogP contribution in [0.1, 0.15) is 13.8 Å². The van der Waals surface area contributed by atoms with Crippen LogP contribution in [0.4, 0.5) is 11.9 Å². The number of anilines is 2. The summed E-state index contributed by atoms with van der Waals surface area (Å²) in [6, 6.07) is 0. The van der Waals surface area contributed by atoms with Crippen LogP contribution < -0.4 is 10.6 Å². The lowest BCUT2D eigenvalue weighted by Crippen LogP contribution is -2.25. The quantitative estimate of drug-likeness (QED) is 0.877. The Balaban J connectivity index is 2.26. The molecule has 96 valence electrons. The fourth-order valence-electron chi connectivity index (χ4n) is 1.34. The first-order chi connectivity index (χ1) is 8.72. The van der Waals surface area contributed by atoms with E-state index in [1.165, 1.54) is 29.6 Å². The van der Waals surface area contributed by atoms with Gasteiger partial charge in [0.25, 0.3) is 0 Å². The predicted molar refractivity (Wildman–Crippen MR) is 71.8 cm³/mol. The van der Waals surface area contributed by atoms with E-state index in [1.54, 1.807) is 0 Å². The van der Waals surface area contributed by atoms with Crippen LogP contribution in [0.15, 0.2) is 15.8 Å². The van der Waals surface area contributed by atoms with Crippen molar-refractivity contribution in [1.82, 2.24) is 24.3 Å². The zero-order valence-corrected chi connectivity index (χ0v) is 11.7. The number of aromatic nitrogens is 5. The fourth-order valence-corrected chi connectivity index (χ4v) is 2.64. The van der Waals surface area contributed by atoms with Crippen molar-refractivity contribution < 1.29 is 0 Å². The van der Waals surface area contributed by atoms with Crippen molar-refractivity contribution in [3.05, 3.63) is 6.33 Å². The maximum absolute atomic E-state index is 5.70. The summed E-state index contributed by atoms with van der Waals surface area (Å²) in [5.74, 6) is 0.818. The molecular weight excluding hydrogens is 270 g/mol. The maximum atomic E-state index is 5.70. The number of hydrogen-bond donors (Lipinski definition) is 1. The first kappa shape index (κ1) is 13.0. The van der Waals surface area contributed by atoms with E-state index in [4.69, 9.17) is 5.73 Å². The summed E-state index contributed by atoms with van der Waals surface area (Å²) >= 11 is 2.63. The summed E-state index contributed by atoms with van der Waals surface area (Å²) in [7, 11) is 0. The molecule has 2 N–H and O–H groups in total. The molecule has 7 nitrogen and oxygen atoms in total. The topological polar surface area (TPSA) is 93.7 Å². The van der Waals surface area contributed by atoms with E-state index in [1.807, 2.05) is 18.7 Å². The minimum Gasteiger partial charge on any atom is -0.368 e. The third kappa shape index (κ3) is 3.05. The minimum absolute atomic E-state index is 0.221. The van der Waals surface area contributed by atoms with Crippen LogP contribution >= 0.6 is 23.3 Å². The molecule has 0 amide bonds. The van der Waals surface area contributed by atoms with Crippen LogP contribution in [0, 0.1) is 0 Å². The highest BCUT2D eigenvalue weighted by Crippen LogP contribution is 2.26. The first-order valence-electron chi connectivity index (χ1n) is 5.44. The van der Waals surface area contributed by atoms with Crippen molar-refractivity contribution in [2.45, 2.75) is 23.3 Å². The SMILES string of the molecule is CCN(CC)c1nc(N)nc(Sc2ncns2)n1. The number of nitrogens with two attached hydrogens (primary N) is 1. The summed E-state index contributed by atoms with van der Waals surface area (Å²) < 4.78 is 4.71. The summed E-state index contributed by atoms with van der Waals surface area (Å²) in [5.41, 5.74) is 5.70. The fraction of sp³-hybridized carbons (Fsp3) is 0.444. The van der Waals surface area contributed by atoms with Crippen LogP contribution in [0.2, 0.25) is 0 Å². The Labute approximate surface area is 113 Å². The average Bonchev–Trinajstić information content (AvgIpc) is 2.83. The highest BCUT2D eigenvalue weighted by molar-refractivity contribution is 8.00. The second-order valence-corrected chi connectivity index (χ2v) is 5.25. The van der Waals surface area contributed by atoms with E-state index in [2.05, 4.69) is 24.3 Å². The summed E-state index contributed by atoms with van der Waals surface area (Å²) in [4.78, 5) is 18.7. The minimum atomic E-state index is 0.221. The Bertz CT molecular complexity index is 498. The standard InChI is InChI=1S/C9H13N7S2/c1-3-16(4-2)7-13-6(10)14-8(15-7)17-9-11-5-12-18-9/h5H,3-4H2,1-2H3,(H2,10,13,14,15). The Morgan fingerprint density at radius 3 is 2.67 bits per heavy atom. The lowest BCUT2D eigenvalue weighted by Gasteiger charge is -2.18. The molecule has 0 aliphatic carbocycles. The molecule has 0 unspecified atom stereocenters. The van der Waals surface area contributed by atoms with Gasteiger partial charge in [0.15, 0.2) is 4.34 Å². The van der Waals surface area contributed by atoms with Crippen LogP contribution in [0.5, 0.6) is 0 Å². The number of hydrogen-bond acceptors (Lipinski definition) is 9. The van der Waals surface area contributed by atoms with E-state index >= 15 is 0 Å². The van der Waals surface area contributed by atoms with Gasteiger partial charge in [-0.25, -0.2) is 4.98 Å². The van der Waals surface area contributed by atoms with Crippen LogP contribution in [-0.4, -0.2) is 37.4 Å². The van der Waals surface area contributed by atoms with Gasteiger partial charge < -0.3 is 10.6 Å². The molecule has 0 saturated heterocycles. The van der Waals surface area contributed by atoms with E-state index in [0.717, 1.165) is 17.4 Å². The molecule has 0 saturated carbocycles. The van der Waals surface area contributed by atoms with Crippen molar-refractivity contribution >= 4 is 35.2 Å². The van der Waals surface area contributed by atoms with Crippen molar-refractivity contribution in [2.75, 3.05) is 23.7 Å². The number of nitrogen functional groups attached to an aromatic ring is 1. The Morgan fingerprint density at radius 2 is 2.06 bits per heavy atom. The van der Waals surface area contributed by atoms with Gasteiger partial charge in [0.1, 0.15) is 6.33 Å². The van der Waals surface area contributed by atoms with Crippen LogP contribution in [0.3, 0.4) is 0 Å². The van der Waals surface area contributed by atoms with E-state index < -0.39 is 0 Å². The number of nitrogens with zero attached hydrogens (tertiary/aromatic N) is 6. The molecular formula is C9H13N7S2. The molecule has 0 fully saturated rings. The molecule has 0 bridgehead atoms. The molecule has 2 aromatic heterocycles. The Hall–Kier alpha value is -1.48. The van der Waals surface area contributed by atoms with E-state index in [-0.39, 0.29) is 5.95 Å². The number of rotatable bonds is 5. The van der Waals surface area contributed by atoms with Crippen molar-refractivity contribution in [1.29, 1.82) is 0 Å². The normalized spacial score (nSPS) is 10.6. The molecule has 2 rings (SSSR count). The molecule has 0 aromatic carbocycles. The van der Waals surface area contributed by atoms with Gasteiger partial charge in [0.2, 0.25) is 17.1 Å². The first-order valence-corrected chi connectivity index (χ1v) is 7.03. The lowest BCUT2D eigenvalue weighted by molar-refractivity contribution is 0.786. The third-order valence-electron chi connectivity index (χ3n) is 2.19. The third-order valence-corrected chi connectivity index (χ3v) is 3.77. The van der Waals surface area contributed by atoms with Gasteiger partial charge in [-0.15, -0.1) is 0 Å². The molecule has 0 aliphatic rings. The van der Waals surface area contributed by atoms with Crippen molar-refractivity contribution in [2.24, 2.45) is 0 Å². The average molecular weight is 283 g/mol. The van der Waals surface area contributed by atoms with Crippen LogP contribution in [-0.2, 0) is 0 Å². The Kier molecular flexibility index (Phi) is 4.26. The van der Waals surface area contributed by atoms with Crippen molar-refractivity contribution in [3.63, 3.8) is 0 Å². The second-order valence-electron chi connectivity index (χ2n) is 3.26. The van der Waals surface area contributed by atoms with Crippen molar-refractivity contribution in [3.8, 4) is 0 Å². The highest BCUT2D eigenvalue weighted by Gasteiger charge is 2.11.